The zero-order valence-electron chi connectivity index (χ0n) is 18.6. The molecule has 2 aliphatic rings. The van der Waals surface area contributed by atoms with Crippen LogP contribution >= 0.6 is 11.6 Å². The Hall–Kier alpha value is -3.83. The van der Waals surface area contributed by atoms with Gasteiger partial charge in [-0.25, -0.2) is 4.79 Å². The lowest BCUT2D eigenvalue weighted by molar-refractivity contribution is 0.244. The van der Waals surface area contributed by atoms with Crippen LogP contribution in [0.25, 0.3) is 22.3 Å². The van der Waals surface area contributed by atoms with Crippen LogP contribution in [0.5, 0.6) is 0 Å². The zero-order valence-corrected chi connectivity index (χ0v) is 19.4. The van der Waals surface area contributed by atoms with Crippen molar-refractivity contribution in [3.05, 3.63) is 64.4 Å². The highest BCUT2D eigenvalue weighted by Gasteiger charge is 2.35. The van der Waals surface area contributed by atoms with Gasteiger partial charge < -0.3 is 9.88 Å². The Balaban J connectivity index is 1.53. The van der Waals surface area contributed by atoms with Crippen LogP contribution in [0.2, 0.25) is 5.02 Å². The van der Waals surface area contributed by atoms with Gasteiger partial charge in [0.1, 0.15) is 6.07 Å². The number of urea groups is 1. The number of hydrogen-bond donors (Lipinski definition) is 1. The summed E-state index contributed by atoms with van der Waals surface area (Å²) < 4.78 is 3.88. The molecule has 4 aromatic rings. The van der Waals surface area contributed by atoms with Gasteiger partial charge >= 0.3 is 6.03 Å². The Kier molecular flexibility index (Phi) is 4.82. The van der Waals surface area contributed by atoms with Crippen molar-refractivity contribution in [2.75, 3.05) is 11.4 Å². The Morgan fingerprint density at radius 2 is 2.12 bits per heavy atom. The number of nitrogens with one attached hydrogen (secondary N) is 1. The van der Waals surface area contributed by atoms with Gasteiger partial charge in [-0.2, -0.15) is 10.4 Å². The Morgan fingerprint density at radius 3 is 2.88 bits per heavy atom. The number of nitriles is 1. The van der Waals surface area contributed by atoms with E-state index < -0.39 is 0 Å². The fraction of sp³-hybridized carbons (Fsp3) is 0.280. The minimum Gasteiger partial charge on any atom is -0.348 e. The number of hydrogen-bond acceptors (Lipinski definition) is 4. The molecule has 0 unspecified atom stereocenters. The Labute approximate surface area is 201 Å². The van der Waals surface area contributed by atoms with Crippen LogP contribution in [0.4, 0.5) is 10.6 Å². The zero-order chi connectivity index (χ0) is 23.4. The van der Waals surface area contributed by atoms with Crippen LogP contribution in [-0.4, -0.2) is 31.9 Å². The van der Waals surface area contributed by atoms with E-state index in [9.17, 15) is 10.1 Å². The SMILES string of the molecule is Cn1cc(C#N)cc1-c1c2c(nn1Cc1ccnc3ccc(Cl)cc13)N(CC1CC1)C(=O)NC2. The molecule has 8 nitrogen and oxygen atoms in total. The van der Waals surface area contributed by atoms with Crippen molar-refractivity contribution in [2.45, 2.75) is 25.9 Å². The van der Waals surface area contributed by atoms with Gasteiger partial charge in [-0.05, 0) is 54.7 Å². The summed E-state index contributed by atoms with van der Waals surface area (Å²) in [5.41, 5.74) is 5.20. The molecule has 0 spiro atoms. The van der Waals surface area contributed by atoms with Crippen molar-refractivity contribution in [1.82, 2.24) is 24.6 Å². The first kappa shape index (κ1) is 20.8. The molecule has 1 aliphatic heterocycles. The molecular formula is C25H22ClN7O. The number of aryl methyl sites for hydroxylation is 1. The molecule has 34 heavy (non-hydrogen) atoms. The molecule has 4 heterocycles. The number of anilines is 1. The van der Waals surface area contributed by atoms with Crippen LogP contribution in [0.1, 0.15) is 29.5 Å². The van der Waals surface area contributed by atoms with E-state index in [0.29, 0.717) is 42.0 Å². The van der Waals surface area contributed by atoms with Gasteiger partial charge in [0.15, 0.2) is 5.82 Å². The number of nitrogens with zero attached hydrogens (tertiary/aromatic N) is 6. The van der Waals surface area contributed by atoms with E-state index in [0.717, 1.165) is 46.3 Å². The molecule has 0 bridgehead atoms. The van der Waals surface area contributed by atoms with E-state index in [4.69, 9.17) is 16.7 Å². The van der Waals surface area contributed by atoms with Gasteiger partial charge in [0, 0.05) is 42.0 Å². The largest absolute Gasteiger partial charge is 0.348 e. The number of benzene rings is 1. The molecular weight excluding hydrogens is 450 g/mol. The normalized spacial score (nSPS) is 15.3. The number of pyridine rings is 1. The average Bonchev–Trinajstić information content (AvgIpc) is 3.47. The molecule has 6 rings (SSSR count). The Morgan fingerprint density at radius 1 is 1.26 bits per heavy atom. The fourth-order valence-electron chi connectivity index (χ4n) is 4.69. The number of rotatable bonds is 5. The van der Waals surface area contributed by atoms with E-state index in [-0.39, 0.29) is 6.03 Å². The predicted molar refractivity (Wildman–Crippen MR) is 130 cm³/mol. The van der Waals surface area contributed by atoms with Crippen molar-refractivity contribution in [3.8, 4) is 17.5 Å². The fourth-order valence-corrected chi connectivity index (χ4v) is 4.86. The number of aromatic nitrogens is 4. The molecule has 170 valence electrons. The number of carbonyl (C=O) groups is 1. The first-order valence-electron chi connectivity index (χ1n) is 11.3. The van der Waals surface area contributed by atoms with Crippen LogP contribution in [-0.2, 0) is 20.1 Å². The minimum absolute atomic E-state index is 0.110. The average molecular weight is 472 g/mol. The second-order valence-electron chi connectivity index (χ2n) is 8.99. The van der Waals surface area contributed by atoms with Crippen molar-refractivity contribution >= 4 is 34.4 Å². The molecule has 9 heteroatoms. The highest BCUT2D eigenvalue weighted by atomic mass is 35.5. The van der Waals surface area contributed by atoms with E-state index >= 15 is 0 Å². The van der Waals surface area contributed by atoms with Crippen molar-refractivity contribution in [1.29, 1.82) is 5.26 Å². The maximum absolute atomic E-state index is 12.8. The second kappa shape index (κ2) is 7.89. The number of fused-ring (bicyclic) bond motifs is 2. The van der Waals surface area contributed by atoms with Crippen LogP contribution < -0.4 is 10.2 Å². The van der Waals surface area contributed by atoms with Gasteiger partial charge in [0.25, 0.3) is 0 Å². The maximum Gasteiger partial charge on any atom is 0.323 e. The third-order valence-corrected chi connectivity index (χ3v) is 6.81. The third-order valence-electron chi connectivity index (χ3n) is 6.57. The van der Waals surface area contributed by atoms with E-state index in [1.807, 2.05) is 52.8 Å². The first-order valence-corrected chi connectivity index (χ1v) is 11.6. The monoisotopic (exact) mass is 471 g/mol. The van der Waals surface area contributed by atoms with Crippen LogP contribution in [0, 0.1) is 17.2 Å². The van der Waals surface area contributed by atoms with Crippen molar-refractivity contribution in [2.24, 2.45) is 13.0 Å². The Bertz CT molecular complexity index is 1490. The number of halogens is 1. The van der Waals surface area contributed by atoms with Gasteiger partial charge in [0.2, 0.25) is 0 Å². The summed E-state index contributed by atoms with van der Waals surface area (Å²) in [5.74, 6) is 1.22. The van der Waals surface area contributed by atoms with Crippen LogP contribution in [0.15, 0.2) is 42.7 Å². The molecule has 0 atom stereocenters. The summed E-state index contributed by atoms with van der Waals surface area (Å²) in [7, 11) is 1.92. The van der Waals surface area contributed by atoms with E-state index in [1.54, 1.807) is 11.1 Å². The van der Waals surface area contributed by atoms with Gasteiger partial charge in [0.05, 0.1) is 35.6 Å². The third kappa shape index (κ3) is 3.49. The van der Waals surface area contributed by atoms with Gasteiger partial charge in [-0.15, -0.1) is 0 Å². The number of amides is 2. The van der Waals surface area contributed by atoms with Crippen molar-refractivity contribution < 1.29 is 4.79 Å². The molecule has 0 radical (unpaired) electrons. The minimum atomic E-state index is -0.110. The summed E-state index contributed by atoms with van der Waals surface area (Å²) in [6, 6.07) is 11.6. The topological polar surface area (TPSA) is 91.8 Å². The standard InChI is InChI=1S/C25H22ClN7O/c1-31-12-16(10-27)8-22(31)23-20-11-29-25(34)32(13-15-2-3-15)24(20)30-33(23)14-17-6-7-28-21-5-4-18(26)9-19(17)21/h4-9,12,15H,2-3,11,13-14H2,1H3,(H,29,34). The molecule has 1 aliphatic carbocycles. The molecule has 1 aromatic carbocycles. The first-order chi connectivity index (χ1) is 16.5. The summed E-state index contributed by atoms with van der Waals surface area (Å²) >= 11 is 6.30. The lowest BCUT2D eigenvalue weighted by atomic mass is 10.1. The quantitative estimate of drug-likeness (QED) is 0.465. The van der Waals surface area contributed by atoms with Crippen LogP contribution in [0.3, 0.4) is 0 Å². The summed E-state index contributed by atoms with van der Waals surface area (Å²) in [5, 5.41) is 19.1. The number of carbonyl (C=O) groups excluding carboxylic acids is 1. The van der Waals surface area contributed by atoms with Gasteiger partial charge in [-0.1, -0.05) is 11.6 Å². The molecule has 1 saturated carbocycles. The highest BCUT2D eigenvalue weighted by molar-refractivity contribution is 6.31. The summed E-state index contributed by atoms with van der Waals surface area (Å²) in [4.78, 5) is 19.0. The van der Waals surface area contributed by atoms with E-state index in [1.165, 1.54) is 0 Å². The van der Waals surface area contributed by atoms with E-state index in [2.05, 4.69) is 16.4 Å². The smallest absolute Gasteiger partial charge is 0.323 e. The molecule has 1 N–H and O–H groups in total. The molecule has 0 saturated heterocycles. The molecule has 3 aromatic heterocycles. The van der Waals surface area contributed by atoms with Gasteiger partial charge in [-0.3, -0.25) is 14.6 Å². The second-order valence-corrected chi connectivity index (χ2v) is 9.43. The summed E-state index contributed by atoms with van der Waals surface area (Å²) in [6.45, 7) is 1.53. The molecule has 1 fully saturated rings. The highest BCUT2D eigenvalue weighted by Crippen LogP contribution is 2.38. The summed E-state index contributed by atoms with van der Waals surface area (Å²) in [6.07, 6.45) is 5.87. The lowest BCUT2D eigenvalue weighted by Crippen LogP contribution is -2.45. The predicted octanol–water partition coefficient (Wildman–Crippen LogP) is 4.45. The van der Waals surface area contributed by atoms with Crippen molar-refractivity contribution in [3.63, 3.8) is 0 Å². The maximum atomic E-state index is 12.8. The molecule has 2 amide bonds. The lowest BCUT2D eigenvalue weighted by Gasteiger charge is -2.26.